The van der Waals surface area contributed by atoms with Crippen LogP contribution in [0.25, 0.3) is 0 Å². The quantitative estimate of drug-likeness (QED) is 0.912. The van der Waals surface area contributed by atoms with Gasteiger partial charge in [-0.05, 0) is 36.8 Å². The molecule has 0 aliphatic rings. The summed E-state index contributed by atoms with van der Waals surface area (Å²) >= 11 is 0. The number of amides is 1. The fourth-order valence-electron chi connectivity index (χ4n) is 1.87. The smallest absolute Gasteiger partial charge is 0.416 e. The summed E-state index contributed by atoms with van der Waals surface area (Å²) in [5.74, 6) is 0.0939. The molecule has 22 heavy (non-hydrogen) atoms. The SMILES string of the molecule is Cc1ccc(C(=O)NCC(O)c2cccc(C(F)(F)F)c2)o1. The van der Waals surface area contributed by atoms with Gasteiger partial charge in [-0.3, -0.25) is 4.79 Å². The molecule has 0 bridgehead atoms. The second-order valence-electron chi connectivity index (χ2n) is 4.76. The van der Waals surface area contributed by atoms with Crippen LogP contribution in [0.5, 0.6) is 0 Å². The Bertz CT molecular complexity index is 664. The minimum absolute atomic E-state index is 0.0748. The first-order chi connectivity index (χ1) is 10.3. The van der Waals surface area contributed by atoms with Crippen LogP contribution in [0, 0.1) is 6.92 Å². The third kappa shape index (κ3) is 3.88. The van der Waals surface area contributed by atoms with Gasteiger partial charge in [0.1, 0.15) is 5.76 Å². The highest BCUT2D eigenvalue weighted by Crippen LogP contribution is 2.30. The number of aliphatic hydroxyl groups excluding tert-OH is 1. The van der Waals surface area contributed by atoms with Gasteiger partial charge in [0.25, 0.3) is 5.91 Å². The summed E-state index contributed by atoms with van der Waals surface area (Å²) in [6.45, 7) is 1.45. The van der Waals surface area contributed by atoms with Crippen LogP contribution in [0.15, 0.2) is 40.8 Å². The van der Waals surface area contributed by atoms with E-state index in [0.717, 1.165) is 12.1 Å². The Morgan fingerprint density at radius 1 is 1.32 bits per heavy atom. The molecule has 1 unspecified atom stereocenters. The molecule has 118 valence electrons. The number of hydrogen-bond donors (Lipinski definition) is 2. The van der Waals surface area contributed by atoms with E-state index in [0.29, 0.717) is 5.76 Å². The largest absolute Gasteiger partial charge is 0.456 e. The monoisotopic (exact) mass is 313 g/mol. The summed E-state index contributed by atoms with van der Waals surface area (Å²) in [5.41, 5.74) is -0.775. The number of halogens is 3. The van der Waals surface area contributed by atoms with Gasteiger partial charge >= 0.3 is 6.18 Å². The molecule has 0 saturated heterocycles. The molecular weight excluding hydrogens is 299 g/mol. The summed E-state index contributed by atoms with van der Waals surface area (Å²) in [7, 11) is 0. The average Bonchev–Trinajstić information content (AvgIpc) is 2.90. The molecule has 1 heterocycles. The van der Waals surface area contributed by atoms with Gasteiger partial charge in [-0.25, -0.2) is 0 Å². The van der Waals surface area contributed by atoms with Crippen LogP contribution >= 0.6 is 0 Å². The minimum Gasteiger partial charge on any atom is -0.456 e. The van der Waals surface area contributed by atoms with Gasteiger partial charge in [0.2, 0.25) is 0 Å². The molecule has 0 fully saturated rings. The molecule has 1 atom stereocenters. The van der Waals surface area contributed by atoms with E-state index in [1.807, 2.05) is 0 Å². The Hall–Kier alpha value is -2.28. The number of nitrogens with one attached hydrogen (secondary N) is 1. The third-order valence-corrected chi connectivity index (χ3v) is 3.02. The summed E-state index contributed by atoms with van der Waals surface area (Å²) in [6.07, 6.45) is -5.73. The number of benzene rings is 1. The maximum Gasteiger partial charge on any atom is 0.416 e. The van der Waals surface area contributed by atoms with Gasteiger partial charge in [-0.2, -0.15) is 13.2 Å². The van der Waals surface area contributed by atoms with E-state index < -0.39 is 23.8 Å². The minimum atomic E-state index is -4.48. The lowest BCUT2D eigenvalue weighted by Gasteiger charge is -2.14. The maximum atomic E-state index is 12.6. The molecule has 1 aromatic heterocycles. The Morgan fingerprint density at radius 3 is 2.64 bits per heavy atom. The first kappa shape index (κ1) is 16.1. The van der Waals surface area contributed by atoms with E-state index in [1.165, 1.54) is 18.2 Å². The standard InChI is InChI=1S/C15H14F3NO3/c1-9-5-6-13(22-9)14(21)19-8-12(20)10-3-2-4-11(7-10)15(16,17)18/h2-7,12,20H,8H2,1H3,(H,19,21). The Morgan fingerprint density at radius 2 is 2.05 bits per heavy atom. The molecule has 0 spiro atoms. The van der Waals surface area contributed by atoms with Crippen molar-refractivity contribution in [3.8, 4) is 0 Å². The van der Waals surface area contributed by atoms with Crippen molar-refractivity contribution < 1.29 is 27.5 Å². The molecule has 0 radical (unpaired) electrons. The molecule has 1 amide bonds. The van der Waals surface area contributed by atoms with E-state index >= 15 is 0 Å². The molecule has 4 nitrogen and oxygen atoms in total. The van der Waals surface area contributed by atoms with Crippen molar-refractivity contribution in [1.29, 1.82) is 0 Å². The lowest BCUT2D eigenvalue weighted by Crippen LogP contribution is -2.28. The van der Waals surface area contributed by atoms with Crippen LogP contribution < -0.4 is 5.32 Å². The van der Waals surface area contributed by atoms with Gasteiger partial charge in [-0.15, -0.1) is 0 Å². The van der Waals surface area contributed by atoms with Gasteiger partial charge in [0, 0.05) is 6.54 Å². The Balaban J connectivity index is 2.00. The van der Waals surface area contributed by atoms with Crippen molar-refractivity contribution in [2.24, 2.45) is 0 Å². The molecule has 7 heteroatoms. The van der Waals surface area contributed by atoms with Gasteiger partial charge in [-0.1, -0.05) is 12.1 Å². The predicted octanol–water partition coefficient (Wildman–Crippen LogP) is 3.07. The van der Waals surface area contributed by atoms with E-state index in [1.54, 1.807) is 13.0 Å². The lowest BCUT2D eigenvalue weighted by atomic mass is 10.1. The average molecular weight is 313 g/mol. The predicted molar refractivity (Wildman–Crippen MR) is 72.2 cm³/mol. The van der Waals surface area contributed by atoms with Crippen LogP contribution in [0.4, 0.5) is 13.2 Å². The summed E-state index contributed by atoms with van der Waals surface area (Å²) < 4.78 is 42.9. The molecule has 0 aliphatic heterocycles. The number of aryl methyl sites for hydroxylation is 1. The number of carbonyl (C=O) groups excluding carboxylic acids is 1. The zero-order chi connectivity index (χ0) is 16.3. The van der Waals surface area contributed by atoms with Gasteiger partial charge in [0.05, 0.1) is 11.7 Å². The lowest BCUT2D eigenvalue weighted by molar-refractivity contribution is -0.137. The number of hydrogen-bond acceptors (Lipinski definition) is 3. The second kappa shape index (κ2) is 6.23. The Kier molecular flexibility index (Phi) is 4.56. The van der Waals surface area contributed by atoms with Crippen molar-refractivity contribution in [1.82, 2.24) is 5.32 Å². The molecule has 2 rings (SSSR count). The van der Waals surface area contributed by atoms with Crippen molar-refractivity contribution in [2.75, 3.05) is 6.54 Å². The molecule has 2 aromatic rings. The first-order valence-electron chi connectivity index (χ1n) is 6.47. The van der Waals surface area contributed by atoms with Crippen LogP contribution in [-0.2, 0) is 6.18 Å². The van der Waals surface area contributed by atoms with Crippen LogP contribution in [-0.4, -0.2) is 17.6 Å². The van der Waals surface area contributed by atoms with Crippen molar-refractivity contribution in [3.63, 3.8) is 0 Å². The highest BCUT2D eigenvalue weighted by molar-refractivity contribution is 5.91. The van der Waals surface area contributed by atoms with E-state index in [9.17, 15) is 23.1 Å². The van der Waals surface area contributed by atoms with Crippen molar-refractivity contribution in [3.05, 3.63) is 59.0 Å². The van der Waals surface area contributed by atoms with E-state index in [-0.39, 0.29) is 17.9 Å². The van der Waals surface area contributed by atoms with Crippen LogP contribution in [0.2, 0.25) is 0 Å². The molecule has 0 saturated carbocycles. The summed E-state index contributed by atoms with van der Waals surface area (Å²) in [6, 6.07) is 7.43. The molecule has 2 N–H and O–H groups in total. The third-order valence-electron chi connectivity index (χ3n) is 3.02. The van der Waals surface area contributed by atoms with Gasteiger partial charge in [0.15, 0.2) is 5.76 Å². The zero-order valence-corrected chi connectivity index (χ0v) is 11.6. The highest BCUT2D eigenvalue weighted by atomic mass is 19.4. The summed E-state index contributed by atoms with van der Waals surface area (Å²) in [5, 5.41) is 12.3. The molecular formula is C15H14F3NO3. The molecule has 0 aliphatic carbocycles. The van der Waals surface area contributed by atoms with Crippen LogP contribution in [0.1, 0.15) is 33.5 Å². The fraction of sp³-hybridized carbons (Fsp3) is 0.267. The number of furan rings is 1. The Labute approximate surface area is 124 Å². The first-order valence-corrected chi connectivity index (χ1v) is 6.47. The maximum absolute atomic E-state index is 12.6. The van der Waals surface area contributed by atoms with Crippen molar-refractivity contribution >= 4 is 5.91 Å². The molecule has 1 aromatic carbocycles. The van der Waals surface area contributed by atoms with Crippen LogP contribution in [0.3, 0.4) is 0 Å². The van der Waals surface area contributed by atoms with E-state index in [2.05, 4.69) is 5.32 Å². The number of rotatable bonds is 4. The van der Waals surface area contributed by atoms with Crippen molar-refractivity contribution in [2.45, 2.75) is 19.2 Å². The van der Waals surface area contributed by atoms with E-state index in [4.69, 9.17) is 4.42 Å². The fourth-order valence-corrected chi connectivity index (χ4v) is 1.87. The van der Waals surface area contributed by atoms with Gasteiger partial charge < -0.3 is 14.8 Å². The summed E-state index contributed by atoms with van der Waals surface area (Å²) in [4.78, 5) is 11.7. The number of carbonyl (C=O) groups is 1. The topological polar surface area (TPSA) is 62.5 Å². The zero-order valence-electron chi connectivity index (χ0n) is 11.6. The number of aliphatic hydroxyl groups is 1. The number of alkyl halides is 3. The second-order valence-corrected chi connectivity index (χ2v) is 4.76. The highest BCUT2D eigenvalue weighted by Gasteiger charge is 2.30. The normalized spacial score (nSPS) is 13.0.